The number of likely N-dealkylation sites (tertiary alicyclic amines) is 1. The third-order valence-corrected chi connectivity index (χ3v) is 3.12. The Hall–Kier alpha value is -1.92. The zero-order valence-corrected chi connectivity index (χ0v) is 10.2. The molecule has 0 bridgehead atoms. The fourth-order valence-electron chi connectivity index (χ4n) is 2.05. The lowest BCUT2D eigenvalue weighted by Crippen LogP contribution is -2.42. The molecule has 1 fully saturated rings. The average molecular weight is 252 g/mol. The Morgan fingerprint density at radius 3 is 2.94 bits per heavy atom. The van der Waals surface area contributed by atoms with Crippen LogP contribution in [-0.4, -0.2) is 50.2 Å². The minimum atomic E-state index is -0.850. The predicted octanol–water partition coefficient (Wildman–Crippen LogP) is 0.304. The van der Waals surface area contributed by atoms with E-state index < -0.39 is 11.9 Å². The first-order valence-corrected chi connectivity index (χ1v) is 6.05. The summed E-state index contributed by atoms with van der Waals surface area (Å²) in [5, 5.41) is 15.5. The molecule has 0 aromatic carbocycles. The number of H-pyrrole nitrogens is 1. The van der Waals surface area contributed by atoms with Gasteiger partial charge in [0, 0.05) is 19.5 Å². The summed E-state index contributed by atoms with van der Waals surface area (Å²) in [5.74, 6) is -0.844. The second-order valence-corrected chi connectivity index (χ2v) is 4.39. The van der Waals surface area contributed by atoms with Crippen LogP contribution in [0, 0.1) is 5.92 Å². The molecule has 1 aromatic rings. The van der Waals surface area contributed by atoms with Gasteiger partial charge in [0.15, 0.2) is 0 Å². The lowest BCUT2D eigenvalue weighted by atomic mass is 9.98. The molecule has 2 rings (SSSR count). The van der Waals surface area contributed by atoms with E-state index in [9.17, 15) is 9.59 Å². The van der Waals surface area contributed by atoms with Crippen molar-refractivity contribution in [1.29, 1.82) is 0 Å². The molecule has 1 amide bonds. The summed E-state index contributed by atoms with van der Waals surface area (Å²) in [7, 11) is 0. The fourth-order valence-corrected chi connectivity index (χ4v) is 2.05. The summed E-state index contributed by atoms with van der Waals surface area (Å²) in [6, 6.07) is 0. The van der Waals surface area contributed by atoms with Gasteiger partial charge >= 0.3 is 5.97 Å². The molecule has 0 saturated carbocycles. The molecule has 1 aliphatic rings. The second-order valence-electron chi connectivity index (χ2n) is 4.39. The van der Waals surface area contributed by atoms with E-state index in [-0.39, 0.29) is 18.3 Å². The van der Waals surface area contributed by atoms with E-state index in [1.54, 1.807) is 0 Å². The SMILES string of the molecule is CCc1nc(C(=O)N2CCC[C@@H](C(=O)O)C2)n[nH]1. The van der Waals surface area contributed by atoms with Crippen LogP contribution in [0.25, 0.3) is 0 Å². The quantitative estimate of drug-likeness (QED) is 0.806. The summed E-state index contributed by atoms with van der Waals surface area (Å²) >= 11 is 0. The Morgan fingerprint density at radius 1 is 1.56 bits per heavy atom. The van der Waals surface area contributed by atoms with Crippen molar-refractivity contribution in [1.82, 2.24) is 20.1 Å². The molecule has 98 valence electrons. The fraction of sp³-hybridized carbons (Fsp3) is 0.636. The standard InChI is InChI=1S/C11H16N4O3/c1-2-8-12-9(14-13-8)10(16)15-5-3-4-7(6-15)11(17)18/h7H,2-6H2,1H3,(H,17,18)(H,12,13,14)/t7-/m1/s1. The Balaban J connectivity index is 2.06. The maximum atomic E-state index is 12.1. The maximum absolute atomic E-state index is 12.1. The Labute approximate surface area is 104 Å². The van der Waals surface area contributed by atoms with Crippen LogP contribution in [0.3, 0.4) is 0 Å². The van der Waals surface area contributed by atoms with E-state index in [4.69, 9.17) is 5.11 Å². The zero-order valence-electron chi connectivity index (χ0n) is 10.2. The number of carboxylic acid groups (broad SMARTS) is 1. The number of carbonyl (C=O) groups is 2. The van der Waals surface area contributed by atoms with Crippen LogP contribution < -0.4 is 0 Å². The van der Waals surface area contributed by atoms with Gasteiger partial charge in [0.05, 0.1) is 5.92 Å². The largest absolute Gasteiger partial charge is 0.481 e. The van der Waals surface area contributed by atoms with Crippen LogP contribution in [-0.2, 0) is 11.2 Å². The van der Waals surface area contributed by atoms with Crippen LogP contribution in [0.4, 0.5) is 0 Å². The minimum Gasteiger partial charge on any atom is -0.481 e. The van der Waals surface area contributed by atoms with Crippen LogP contribution in [0.15, 0.2) is 0 Å². The summed E-state index contributed by atoms with van der Waals surface area (Å²) in [6.45, 7) is 2.72. The number of aryl methyl sites for hydroxylation is 1. The van der Waals surface area contributed by atoms with Gasteiger partial charge in [-0.3, -0.25) is 14.7 Å². The van der Waals surface area contributed by atoms with Crippen molar-refractivity contribution >= 4 is 11.9 Å². The highest BCUT2D eigenvalue weighted by Gasteiger charge is 2.30. The summed E-state index contributed by atoms with van der Waals surface area (Å²) < 4.78 is 0. The number of carboxylic acids is 1. The van der Waals surface area contributed by atoms with Crippen molar-refractivity contribution in [3.05, 3.63) is 11.6 Å². The molecular weight excluding hydrogens is 236 g/mol. The topological polar surface area (TPSA) is 99.2 Å². The zero-order chi connectivity index (χ0) is 13.1. The van der Waals surface area contributed by atoms with Crippen LogP contribution in [0.5, 0.6) is 0 Å². The molecule has 1 aromatic heterocycles. The predicted molar refractivity (Wildman–Crippen MR) is 62.0 cm³/mol. The van der Waals surface area contributed by atoms with E-state index >= 15 is 0 Å². The van der Waals surface area contributed by atoms with Crippen LogP contribution in [0.1, 0.15) is 36.2 Å². The van der Waals surface area contributed by atoms with Crippen molar-refractivity contribution < 1.29 is 14.7 Å². The van der Waals surface area contributed by atoms with E-state index in [1.807, 2.05) is 6.92 Å². The lowest BCUT2D eigenvalue weighted by Gasteiger charge is -2.29. The van der Waals surface area contributed by atoms with Gasteiger partial charge in [-0.2, -0.15) is 0 Å². The van der Waals surface area contributed by atoms with Crippen molar-refractivity contribution in [3.63, 3.8) is 0 Å². The average Bonchev–Trinajstić information content (AvgIpc) is 2.86. The number of hydrogen-bond acceptors (Lipinski definition) is 4. The van der Waals surface area contributed by atoms with Crippen molar-refractivity contribution in [2.24, 2.45) is 5.92 Å². The Bertz CT molecular complexity index is 457. The Kier molecular flexibility index (Phi) is 3.59. The minimum absolute atomic E-state index is 0.123. The number of nitrogens with one attached hydrogen (secondary N) is 1. The highest BCUT2D eigenvalue weighted by molar-refractivity contribution is 5.90. The van der Waals surface area contributed by atoms with Gasteiger partial charge < -0.3 is 10.0 Å². The molecular formula is C11H16N4O3. The molecule has 0 aliphatic carbocycles. The molecule has 2 N–H and O–H groups in total. The van der Waals surface area contributed by atoms with Crippen LogP contribution in [0.2, 0.25) is 0 Å². The first-order valence-electron chi connectivity index (χ1n) is 6.05. The third-order valence-electron chi connectivity index (χ3n) is 3.12. The highest BCUT2D eigenvalue weighted by atomic mass is 16.4. The molecule has 1 saturated heterocycles. The number of rotatable bonds is 3. The number of aromatic nitrogens is 3. The van der Waals surface area contributed by atoms with Crippen LogP contribution >= 0.6 is 0 Å². The van der Waals surface area contributed by atoms with Gasteiger partial charge in [-0.25, -0.2) is 4.98 Å². The first-order chi connectivity index (χ1) is 8.61. The van der Waals surface area contributed by atoms with Crippen molar-refractivity contribution in [2.45, 2.75) is 26.2 Å². The van der Waals surface area contributed by atoms with Gasteiger partial charge in [0.25, 0.3) is 5.91 Å². The number of piperidine rings is 1. The maximum Gasteiger partial charge on any atom is 0.308 e. The smallest absolute Gasteiger partial charge is 0.308 e. The number of amides is 1. The molecule has 7 heteroatoms. The van der Waals surface area contributed by atoms with Gasteiger partial charge in [-0.1, -0.05) is 6.92 Å². The van der Waals surface area contributed by atoms with E-state index in [1.165, 1.54) is 4.90 Å². The number of carbonyl (C=O) groups excluding carboxylic acids is 1. The summed E-state index contributed by atoms with van der Waals surface area (Å²) in [4.78, 5) is 28.6. The molecule has 1 aliphatic heterocycles. The molecule has 2 heterocycles. The number of aliphatic carboxylic acids is 1. The summed E-state index contributed by atoms with van der Waals surface area (Å²) in [6.07, 6.45) is 2.00. The van der Waals surface area contributed by atoms with E-state index in [0.717, 1.165) is 0 Å². The Morgan fingerprint density at radius 2 is 2.33 bits per heavy atom. The van der Waals surface area contributed by atoms with Crippen molar-refractivity contribution in [2.75, 3.05) is 13.1 Å². The van der Waals surface area contributed by atoms with Gasteiger partial charge in [0.2, 0.25) is 5.82 Å². The lowest BCUT2D eigenvalue weighted by molar-refractivity contribution is -0.143. The number of nitrogens with zero attached hydrogens (tertiary/aromatic N) is 3. The molecule has 0 spiro atoms. The van der Waals surface area contributed by atoms with Gasteiger partial charge in [0.1, 0.15) is 5.82 Å². The van der Waals surface area contributed by atoms with E-state index in [2.05, 4.69) is 15.2 Å². The first kappa shape index (κ1) is 12.5. The van der Waals surface area contributed by atoms with E-state index in [0.29, 0.717) is 31.6 Å². The molecule has 7 nitrogen and oxygen atoms in total. The molecule has 0 unspecified atom stereocenters. The molecule has 18 heavy (non-hydrogen) atoms. The normalized spacial score (nSPS) is 19.8. The molecule has 1 atom stereocenters. The second kappa shape index (κ2) is 5.16. The third kappa shape index (κ3) is 2.49. The summed E-state index contributed by atoms with van der Waals surface area (Å²) in [5.41, 5.74) is 0. The molecule has 0 radical (unpaired) electrons. The number of aromatic amines is 1. The van der Waals surface area contributed by atoms with Gasteiger partial charge in [-0.05, 0) is 12.8 Å². The monoisotopic (exact) mass is 252 g/mol. The highest BCUT2D eigenvalue weighted by Crippen LogP contribution is 2.17. The van der Waals surface area contributed by atoms with Gasteiger partial charge in [-0.15, -0.1) is 5.10 Å². The number of hydrogen-bond donors (Lipinski definition) is 2. The van der Waals surface area contributed by atoms with Crippen molar-refractivity contribution in [3.8, 4) is 0 Å².